The highest BCUT2D eigenvalue weighted by molar-refractivity contribution is 5.84. The van der Waals surface area contributed by atoms with Crippen molar-refractivity contribution in [3.63, 3.8) is 0 Å². The SMILES string of the molecule is CCNC(=O)CNC(=O)C[NH2+][C@@H](c1ccc(C2CCCCC2)cc1)C(C)C. The first kappa shape index (κ1) is 21.4. The van der Waals surface area contributed by atoms with Gasteiger partial charge in [0.1, 0.15) is 6.04 Å². The highest BCUT2D eigenvalue weighted by Crippen LogP contribution is 2.33. The molecule has 1 atom stereocenters. The Morgan fingerprint density at radius 3 is 2.30 bits per heavy atom. The average molecular weight is 375 g/mol. The molecular formula is C22H36N3O2+. The fraction of sp³-hybridized carbons (Fsp3) is 0.636. The number of nitrogens with one attached hydrogen (secondary N) is 2. The molecule has 0 bridgehead atoms. The summed E-state index contributed by atoms with van der Waals surface area (Å²) in [7, 11) is 0. The van der Waals surface area contributed by atoms with Gasteiger partial charge >= 0.3 is 0 Å². The highest BCUT2D eigenvalue weighted by Gasteiger charge is 2.22. The number of hydrogen-bond acceptors (Lipinski definition) is 2. The summed E-state index contributed by atoms with van der Waals surface area (Å²) in [5, 5.41) is 7.44. The summed E-state index contributed by atoms with van der Waals surface area (Å²) in [6, 6.07) is 9.27. The first-order valence-corrected chi connectivity index (χ1v) is 10.5. The second-order valence-electron chi connectivity index (χ2n) is 7.94. The van der Waals surface area contributed by atoms with E-state index in [1.807, 2.05) is 6.92 Å². The first-order valence-electron chi connectivity index (χ1n) is 10.5. The number of hydrogen-bond donors (Lipinski definition) is 3. The smallest absolute Gasteiger partial charge is 0.275 e. The third kappa shape index (κ3) is 6.98. The van der Waals surface area contributed by atoms with Crippen LogP contribution in [-0.2, 0) is 9.59 Å². The number of likely N-dealkylation sites (N-methyl/N-ethyl adjacent to an activating group) is 1. The number of benzene rings is 1. The number of nitrogens with two attached hydrogens (primary N) is 1. The van der Waals surface area contributed by atoms with Gasteiger partial charge in [-0.05, 0) is 31.2 Å². The molecule has 5 nitrogen and oxygen atoms in total. The predicted molar refractivity (Wildman–Crippen MR) is 108 cm³/mol. The molecule has 0 spiro atoms. The van der Waals surface area contributed by atoms with Crippen LogP contribution < -0.4 is 16.0 Å². The lowest BCUT2D eigenvalue weighted by Crippen LogP contribution is -2.88. The maximum atomic E-state index is 12.0. The molecule has 1 aliphatic carbocycles. The Balaban J connectivity index is 1.88. The minimum absolute atomic E-state index is 0.0446. The van der Waals surface area contributed by atoms with Crippen molar-refractivity contribution in [2.45, 2.75) is 64.8 Å². The Morgan fingerprint density at radius 2 is 1.70 bits per heavy atom. The van der Waals surface area contributed by atoms with Crippen LogP contribution in [0.3, 0.4) is 0 Å². The molecule has 0 heterocycles. The third-order valence-corrected chi connectivity index (χ3v) is 5.49. The van der Waals surface area contributed by atoms with Gasteiger partial charge in [0.2, 0.25) is 5.91 Å². The van der Waals surface area contributed by atoms with Gasteiger partial charge in [-0.15, -0.1) is 0 Å². The van der Waals surface area contributed by atoms with E-state index in [2.05, 4.69) is 54.1 Å². The van der Waals surface area contributed by atoms with Crippen molar-refractivity contribution in [2.75, 3.05) is 19.6 Å². The summed E-state index contributed by atoms with van der Waals surface area (Å²) < 4.78 is 0. The standard InChI is InChI=1S/C22H35N3O2/c1-4-23-20(26)14-24-21(27)15-25-22(16(2)3)19-12-10-18(11-13-19)17-8-6-5-7-9-17/h10-13,16-17,22,25H,4-9,14-15H2,1-3H3,(H,23,26)(H,24,27)/p+1/t22-/m1/s1. The van der Waals surface area contributed by atoms with Crippen LogP contribution in [-0.4, -0.2) is 31.4 Å². The first-order chi connectivity index (χ1) is 13.0. The number of amides is 2. The van der Waals surface area contributed by atoms with Crippen LogP contribution in [0, 0.1) is 5.92 Å². The minimum Gasteiger partial charge on any atom is -0.355 e. The van der Waals surface area contributed by atoms with Crippen LogP contribution in [0.5, 0.6) is 0 Å². The minimum atomic E-state index is -0.149. The molecule has 0 saturated heterocycles. The van der Waals surface area contributed by atoms with Crippen molar-refractivity contribution in [3.05, 3.63) is 35.4 Å². The van der Waals surface area contributed by atoms with Gasteiger partial charge in [-0.2, -0.15) is 0 Å². The maximum Gasteiger partial charge on any atom is 0.275 e. The Morgan fingerprint density at radius 1 is 1.04 bits per heavy atom. The molecule has 2 rings (SSSR count). The lowest BCUT2D eigenvalue weighted by Gasteiger charge is -2.23. The van der Waals surface area contributed by atoms with E-state index in [9.17, 15) is 9.59 Å². The second-order valence-corrected chi connectivity index (χ2v) is 7.94. The van der Waals surface area contributed by atoms with Gasteiger partial charge in [0.25, 0.3) is 5.91 Å². The van der Waals surface area contributed by atoms with E-state index >= 15 is 0 Å². The summed E-state index contributed by atoms with van der Waals surface area (Å²) in [6.45, 7) is 7.18. The van der Waals surface area contributed by atoms with E-state index in [-0.39, 0.29) is 24.4 Å². The largest absolute Gasteiger partial charge is 0.355 e. The zero-order valence-electron chi connectivity index (χ0n) is 17.1. The van der Waals surface area contributed by atoms with Crippen molar-refractivity contribution >= 4 is 11.8 Å². The van der Waals surface area contributed by atoms with Gasteiger partial charge in [-0.25, -0.2) is 0 Å². The van der Waals surface area contributed by atoms with Crippen LogP contribution in [0.4, 0.5) is 0 Å². The Hall–Kier alpha value is -1.88. The molecule has 5 heteroatoms. The molecule has 27 heavy (non-hydrogen) atoms. The van der Waals surface area contributed by atoms with Crippen molar-refractivity contribution < 1.29 is 14.9 Å². The molecule has 1 fully saturated rings. The molecule has 1 saturated carbocycles. The van der Waals surface area contributed by atoms with Crippen molar-refractivity contribution in [2.24, 2.45) is 5.92 Å². The monoisotopic (exact) mass is 374 g/mol. The molecular weight excluding hydrogens is 338 g/mol. The highest BCUT2D eigenvalue weighted by atomic mass is 16.2. The molecule has 0 radical (unpaired) electrons. The van der Waals surface area contributed by atoms with Gasteiger partial charge in [0.15, 0.2) is 6.54 Å². The van der Waals surface area contributed by atoms with Crippen LogP contribution in [0.2, 0.25) is 0 Å². The normalized spacial score (nSPS) is 16.1. The van der Waals surface area contributed by atoms with E-state index in [0.717, 1.165) is 0 Å². The number of carbonyl (C=O) groups is 2. The Labute approximate surface area is 163 Å². The average Bonchev–Trinajstić information content (AvgIpc) is 2.68. The van der Waals surface area contributed by atoms with Crippen LogP contribution in [0.1, 0.15) is 76.0 Å². The number of carbonyl (C=O) groups excluding carboxylic acids is 2. The van der Waals surface area contributed by atoms with E-state index in [0.29, 0.717) is 24.9 Å². The van der Waals surface area contributed by atoms with Crippen molar-refractivity contribution in [1.29, 1.82) is 0 Å². The topological polar surface area (TPSA) is 74.8 Å². The quantitative estimate of drug-likeness (QED) is 0.620. The molecule has 1 aromatic carbocycles. The molecule has 0 aliphatic heterocycles. The van der Waals surface area contributed by atoms with Gasteiger partial charge in [0, 0.05) is 18.0 Å². The van der Waals surface area contributed by atoms with Crippen molar-refractivity contribution in [3.8, 4) is 0 Å². The molecule has 1 aromatic rings. The molecule has 0 unspecified atom stereocenters. The zero-order valence-corrected chi connectivity index (χ0v) is 17.1. The van der Waals surface area contributed by atoms with Crippen LogP contribution in [0.15, 0.2) is 24.3 Å². The lowest BCUT2D eigenvalue weighted by atomic mass is 9.83. The maximum absolute atomic E-state index is 12.0. The summed E-state index contributed by atoms with van der Waals surface area (Å²) >= 11 is 0. The van der Waals surface area contributed by atoms with Crippen molar-refractivity contribution in [1.82, 2.24) is 10.6 Å². The summed E-state index contributed by atoms with van der Waals surface area (Å²) in [4.78, 5) is 23.5. The fourth-order valence-corrected chi connectivity index (χ4v) is 3.96. The van der Waals surface area contributed by atoms with Gasteiger partial charge in [-0.1, -0.05) is 57.4 Å². The molecule has 2 amide bonds. The third-order valence-electron chi connectivity index (χ3n) is 5.49. The molecule has 0 aromatic heterocycles. The lowest BCUT2D eigenvalue weighted by molar-refractivity contribution is -0.692. The molecule has 4 N–H and O–H groups in total. The van der Waals surface area contributed by atoms with Gasteiger partial charge in [0.05, 0.1) is 6.54 Å². The summed E-state index contributed by atoms with van der Waals surface area (Å²) in [6.07, 6.45) is 6.69. The Kier molecular flexibility index (Phi) is 8.79. The van der Waals surface area contributed by atoms with E-state index in [1.54, 1.807) is 0 Å². The Bertz CT molecular complexity index is 592. The van der Waals surface area contributed by atoms with Crippen LogP contribution in [0.25, 0.3) is 0 Å². The fourth-order valence-electron chi connectivity index (χ4n) is 3.96. The van der Waals surface area contributed by atoms with E-state index < -0.39 is 0 Å². The van der Waals surface area contributed by atoms with Crippen LogP contribution >= 0.6 is 0 Å². The molecule has 1 aliphatic rings. The summed E-state index contributed by atoms with van der Waals surface area (Å²) in [5.74, 6) is 0.881. The van der Waals surface area contributed by atoms with Gasteiger partial charge in [-0.3, -0.25) is 9.59 Å². The molecule has 150 valence electrons. The zero-order chi connectivity index (χ0) is 19.6. The number of quaternary nitrogens is 1. The number of rotatable bonds is 9. The predicted octanol–water partition coefficient (Wildman–Crippen LogP) is 2.25. The second kappa shape index (κ2) is 11.1. The summed E-state index contributed by atoms with van der Waals surface area (Å²) in [5.41, 5.74) is 2.72. The van der Waals surface area contributed by atoms with E-state index in [4.69, 9.17) is 0 Å². The van der Waals surface area contributed by atoms with E-state index in [1.165, 1.54) is 43.2 Å². The van der Waals surface area contributed by atoms with Gasteiger partial charge < -0.3 is 16.0 Å².